The minimum atomic E-state index is -1.00. The van der Waals surface area contributed by atoms with Crippen molar-refractivity contribution in [3.8, 4) is 11.1 Å². The molecule has 1 aromatic carbocycles. The molecule has 0 spiro atoms. The fourth-order valence-corrected chi connectivity index (χ4v) is 1.50. The summed E-state index contributed by atoms with van der Waals surface area (Å²) in [5, 5.41) is 0. The van der Waals surface area contributed by atoms with Gasteiger partial charge in [-0.15, -0.1) is 0 Å². The number of hydrogen-bond acceptors (Lipinski definition) is 1. The monoisotopic (exact) mass is 221 g/mol. The fraction of sp³-hybridized carbons (Fsp3) is 0.0833. The fourth-order valence-electron chi connectivity index (χ4n) is 1.50. The number of benzene rings is 1. The van der Waals surface area contributed by atoms with Crippen molar-refractivity contribution in [2.24, 2.45) is 0 Å². The highest BCUT2D eigenvalue weighted by Crippen LogP contribution is 2.21. The van der Waals surface area contributed by atoms with Crippen molar-refractivity contribution >= 4 is 0 Å². The smallest absolute Gasteiger partial charge is 0.256 e. The minimum absolute atomic E-state index is 0.0266. The Bertz CT molecular complexity index is 590. The number of rotatable bonds is 1. The molecule has 0 aliphatic carbocycles. The van der Waals surface area contributed by atoms with Crippen LogP contribution in [0.15, 0.2) is 35.1 Å². The Balaban J connectivity index is 2.68. The van der Waals surface area contributed by atoms with Gasteiger partial charge in [-0.3, -0.25) is 4.79 Å². The summed E-state index contributed by atoms with van der Waals surface area (Å²) in [6.07, 6.45) is 0. The summed E-state index contributed by atoms with van der Waals surface area (Å²) < 4.78 is 26.4. The zero-order valence-electron chi connectivity index (χ0n) is 8.55. The lowest BCUT2D eigenvalue weighted by Crippen LogP contribution is -2.10. The molecule has 2 rings (SSSR count). The van der Waals surface area contributed by atoms with E-state index in [4.69, 9.17) is 0 Å². The Morgan fingerprint density at radius 2 is 1.81 bits per heavy atom. The molecule has 82 valence electrons. The molecule has 16 heavy (non-hydrogen) atoms. The third kappa shape index (κ3) is 1.74. The van der Waals surface area contributed by atoms with Crippen molar-refractivity contribution in [1.82, 2.24) is 4.98 Å². The zero-order chi connectivity index (χ0) is 11.7. The van der Waals surface area contributed by atoms with Crippen molar-refractivity contribution < 1.29 is 8.78 Å². The summed E-state index contributed by atoms with van der Waals surface area (Å²) >= 11 is 0. The van der Waals surface area contributed by atoms with Gasteiger partial charge in [-0.05, 0) is 25.1 Å². The molecule has 0 amide bonds. The molecule has 0 saturated carbocycles. The highest BCUT2D eigenvalue weighted by atomic mass is 19.2. The van der Waals surface area contributed by atoms with Crippen LogP contribution in [0.5, 0.6) is 0 Å². The highest BCUT2D eigenvalue weighted by Gasteiger charge is 2.12. The van der Waals surface area contributed by atoms with Crippen molar-refractivity contribution in [3.05, 3.63) is 58.0 Å². The van der Waals surface area contributed by atoms with Crippen LogP contribution in [0.2, 0.25) is 0 Å². The van der Waals surface area contributed by atoms with Crippen LogP contribution in [-0.2, 0) is 0 Å². The molecular weight excluding hydrogens is 212 g/mol. The first-order chi connectivity index (χ1) is 7.59. The number of aryl methyl sites for hydroxylation is 1. The molecule has 0 aliphatic rings. The number of pyridine rings is 1. The third-order valence-corrected chi connectivity index (χ3v) is 2.30. The predicted molar refractivity (Wildman–Crippen MR) is 57.2 cm³/mol. The van der Waals surface area contributed by atoms with E-state index in [-0.39, 0.29) is 11.1 Å². The van der Waals surface area contributed by atoms with E-state index >= 15 is 0 Å². The first kappa shape index (κ1) is 10.5. The first-order valence-corrected chi connectivity index (χ1v) is 4.74. The molecule has 0 unspecified atom stereocenters. The van der Waals surface area contributed by atoms with Gasteiger partial charge in [-0.25, -0.2) is 8.78 Å². The number of H-pyrrole nitrogens is 1. The maximum atomic E-state index is 13.4. The van der Waals surface area contributed by atoms with Crippen molar-refractivity contribution in [2.45, 2.75) is 6.92 Å². The largest absolute Gasteiger partial charge is 0.326 e. The molecular formula is C12H9F2NO. The number of nitrogens with one attached hydrogen (secondary N) is 1. The lowest BCUT2D eigenvalue weighted by Gasteiger charge is -2.03. The number of aromatic amines is 1. The molecule has 0 aliphatic heterocycles. The maximum absolute atomic E-state index is 13.4. The number of halogens is 2. The van der Waals surface area contributed by atoms with Crippen LogP contribution < -0.4 is 5.56 Å². The molecule has 1 aromatic heterocycles. The van der Waals surface area contributed by atoms with Crippen LogP contribution in [0.25, 0.3) is 11.1 Å². The average molecular weight is 221 g/mol. The van der Waals surface area contributed by atoms with Crippen LogP contribution in [0.1, 0.15) is 5.69 Å². The summed E-state index contributed by atoms with van der Waals surface area (Å²) in [5.41, 5.74) is 0.346. The number of hydrogen-bond donors (Lipinski definition) is 1. The lowest BCUT2D eigenvalue weighted by molar-refractivity contribution is 0.511. The summed E-state index contributed by atoms with van der Waals surface area (Å²) in [7, 11) is 0. The summed E-state index contributed by atoms with van der Waals surface area (Å²) in [4.78, 5) is 14.1. The molecule has 1 N–H and O–H groups in total. The Morgan fingerprint density at radius 3 is 2.50 bits per heavy atom. The topological polar surface area (TPSA) is 32.9 Å². The molecule has 0 saturated heterocycles. The molecule has 0 bridgehead atoms. The molecule has 0 atom stereocenters. The van der Waals surface area contributed by atoms with Gasteiger partial charge in [0.05, 0.1) is 5.56 Å². The van der Waals surface area contributed by atoms with E-state index in [9.17, 15) is 13.6 Å². The second-order valence-corrected chi connectivity index (χ2v) is 3.49. The van der Waals surface area contributed by atoms with Gasteiger partial charge in [0.2, 0.25) is 0 Å². The quantitative estimate of drug-likeness (QED) is 0.788. The van der Waals surface area contributed by atoms with Crippen molar-refractivity contribution in [3.63, 3.8) is 0 Å². The normalized spacial score (nSPS) is 10.4. The van der Waals surface area contributed by atoms with Gasteiger partial charge in [0, 0.05) is 11.3 Å². The van der Waals surface area contributed by atoms with Gasteiger partial charge in [0.1, 0.15) is 0 Å². The zero-order valence-corrected chi connectivity index (χ0v) is 8.55. The van der Waals surface area contributed by atoms with Crippen LogP contribution in [0, 0.1) is 18.6 Å². The first-order valence-electron chi connectivity index (χ1n) is 4.74. The Labute approximate surface area is 90.6 Å². The molecule has 2 nitrogen and oxygen atoms in total. The van der Waals surface area contributed by atoms with Gasteiger partial charge in [-0.1, -0.05) is 12.1 Å². The SMILES string of the molecule is Cc1ccc(-c2cccc(F)c2F)c(=O)[nH]1. The standard InChI is InChI=1S/C12H9F2NO/c1-7-5-6-9(12(16)15-7)8-3-2-4-10(13)11(8)14/h2-6H,1H3,(H,15,16). The molecule has 4 heteroatoms. The molecule has 2 aromatic rings. The number of aromatic nitrogens is 1. The Hall–Kier alpha value is -1.97. The highest BCUT2D eigenvalue weighted by molar-refractivity contribution is 5.63. The maximum Gasteiger partial charge on any atom is 0.256 e. The molecule has 1 heterocycles. The Kier molecular flexibility index (Phi) is 2.56. The van der Waals surface area contributed by atoms with E-state index in [0.29, 0.717) is 5.69 Å². The second-order valence-electron chi connectivity index (χ2n) is 3.49. The summed E-state index contributed by atoms with van der Waals surface area (Å²) in [5.74, 6) is -1.96. The molecule has 0 radical (unpaired) electrons. The van der Waals surface area contributed by atoms with Gasteiger partial charge >= 0.3 is 0 Å². The van der Waals surface area contributed by atoms with Gasteiger partial charge in [-0.2, -0.15) is 0 Å². The van der Waals surface area contributed by atoms with Crippen LogP contribution in [0.4, 0.5) is 8.78 Å². The van der Waals surface area contributed by atoms with E-state index < -0.39 is 17.2 Å². The van der Waals surface area contributed by atoms with E-state index in [0.717, 1.165) is 6.07 Å². The van der Waals surface area contributed by atoms with Crippen LogP contribution >= 0.6 is 0 Å². The van der Waals surface area contributed by atoms with Crippen LogP contribution in [0.3, 0.4) is 0 Å². The van der Waals surface area contributed by atoms with Gasteiger partial charge in [0.25, 0.3) is 5.56 Å². The summed E-state index contributed by atoms with van der Waals surface area (Å²) in [6, 6.07) is 6.87. The van der Waals surface area contributed by atoms with Crippen LogP contribution in [-0.4, -0.2) is 4.98 Å². The van der Waals surface area contributed by atoms with E-state index in [2.05, 4.69) is 4.98 Å². The average Bonchev–Trinajstić information content (AvgIpc) is 2.23. The van der Waals surface area contributed by atoms with Gasteiger partial charge < -0.3 is 4.98 Å². The predicted octanol–water partition coefficient (Wildman–Crippen LogP) is 2.63. The minimum Gasteiger partial charge on any atom is -0.326 e. The lowest BCUT2D eigenvalue weighted by atomic mass is 10.1. The van der Waals surface area contributed by atoms with Crippen molar-refractivity contribution in [2.75, 3.05) is 0 Å². The van der Waals surface area contributed by atoms with E-state index in [1.54, 1.807) is 13.0 Å². The van der Waals surface area contributed by atoms with E-state index in [1.165, 1.54) is 18.2 Å². The Morgan fingerprint density at radius 1 is 1.06 bits per heavy atom. The van der Waals surface area contributed by atoms with E-state index in [1.807, 2.05) is 0 Å². The third-order valence-electron chi connectivity index (χ3n) is 2.30. The van der Waals surface area contributed by atoms with Crippen molar-refractivity contribution in [1.29, 1.82) is 0 Å². The second kappa shape index (κ2) is 3.89. The molecule has 0 fully saturated rings. The summed E-state index contributed by atoms with van der Waals surface area (Å²) in [6.45, 7) is 1.72. The van der Waals surface area contributed by atoms with Gasteiger partial charge in [0.15, 0.2) is 11.6 Å².